The quantitative estimate of drug-likeness (QED) is 0.0810. The van der Waals surface area contributed by atoms with Crippen molar-refractivity contribution in [1.82, 2.24) is 35.3 Å². The molecule has 13 nitrogen and oxygen atoms in total. The Balaban J connectivity index is 1.26. The highest BCUT2D eigenvalue weighted by Crippen LogP contribution is 2.30. The number of carbonyl (C=O) groups is 4. The molecule has 1 aliphatic heterocycles. The van der Waals surface area contributed by atoms with Crippen LogP contribution in [0.2, 0.25) is 0 Å². The number of aromatic nitrogens is 2. The number of aliphatic hydroxyl groups is 1. The molecule has 3 heterocycles. The number of urea groups is 1. The van der Waals surface area contributed by atoms with E-state index in [-0.39, 0.29) is 18.9 Å². The summed E-state index contributed by atoms with van der Waals surface area (Å²) in [6.07, 6.45) is 1.65. The highest BCUT2D eigenvalue weighted by atomic mass is 16.4. The largest absolute Gasteiger partial charge is 0.465 e. The summed E-state index contributed by atoms with van der Waals surface area (Å²) in [5.41, 5.74) is 3.85. The number of aliphatic hydroxyl groups excluding tert-OH is 1. The van der Waals surface area contributed by atoms with E-state index < -0.39 is 59.0 Å². The van der Waals surface area contributed by atoms with Gasteiger partial charge in [-0.1, -0.05) is 120 Å². The second-order valence-electron chi connectivity index (χ2n) is 18.7. The normalized spacial score (nSPS) is 15.7. The number of pyridine rings is 2. The number of benzene rings is 3. The number of carboxylic acid groups (broad SMARTS) is 1. The standard InChI is InChI=1S/C50H61N7O6/c1-49(2,3)43(55(7)48(62)63)45(59)53-37(29-34-20-22-35(23-21-34)39-18-13-14-25-51-39)31-42(58)41(30-33-15-9-8-10-16-33)54-46(60)44(50(4,5)6)57-28-27-56(47(57)61)32-36-24-26-52-40-19-12-11-17-38(36)40/h8-26,37,41-44,58H,27-32H2,1-7H3,(H,53,59)(H,54,60)(H,62,63)/t37-,41+,42+,43-,44-/m1/s1. The molecule has 1 aliphatic rings. The minimum absolute atomic E-state index is 0.0235. The molecule has 0 bridgehead atoms. The summed E-state index contributed by atoms with van der Waals surface area (Å²) < 4.78 is 0. The molecule has 6 rings (SSSR count). The Morgan fingerprint density at radius 3 is 2.06 bits per heavy atom. The number of hydrogen-bond donors (Lipinski definition) is 4. The molecule has 63 heavy (non-hydrogen) atoms. The summed E-state index contributed by atoms with van der Waals surface area (Å²) in [6.45, 7) is 12.3. The number of nitrogens with one attached hydrogen (secondary N) is 2. The van der Waals surface area contributed by atoms with Crippen LogP contribution in [0, 0.1) is 10.8 Å². The van der Waals surface area contributed by atoms with Crippen molar-refractivity contribution in [2.45, 2.75) is 97.6 Å². The van der Waals surface area contributed by atoms with Crippen LogP contribution in [0.4, 0.5) is 9.59 Å². The van der Waals surface area contributed by atoms with Gasteiger partial charge in [0, 0.05) is 56.1 Å². The summed E-state index contributed by atoms with van der Waals surface area (Å²) in [5.74, 6) is -0.892. The Morgan fingerprint density at radius 2 is 1.41 bits per heavy atom. The first-order valence-corrected chi connectivity index (χ1v) is 21.6. The van der Waals surface area contributed by atoms with Crippen molar-refractivity contribution in [3.63, 3.8) is 0 Å². The number of fused-ring (bicyclic) bond motifs is 1. The molecule has 5 atom stereocenters. The van der Waals surface area contributed by atoms with E-state index in [9.17, 15) is 29.4 Å². The van der Waals surface area contributed by atoms with Crippen molar-refractivity contribution in [1.29, 1.82) is 0 Å². The summed E-state index contributed by atoms with van der Waals surface area (Å²) >= 11 is 0. The Bertz CT molecular complexity index is 2340. The van der Waals surface area contributed by atoms with Crippen LogP contribution in [0.5, 0.6) is 0 Å². The third-order valence-electron chi connectivity index (χ3n) is 11.7. The number of hydrogen-bond acceptors (Lipinski definition) is 7. The van der Waals surface area contributed by atoms with Crippen LogP contribution in [0.25, 0.3) is 22.2 Å². The number of amides is 5. The molecule has 4 N–H and O–H groups in total. The molecule has 2 aromatic heterocycles. The first-order valence-electron chi connectivity index (χ1n) is 21.6. The smallest absolute Gasteiger partial charge is 0.407 e. The molecule has 5 aromatic rings. The van der Waals surface area contributed by atoms with Crippen LogP contribution >= 0.6 is 0 Å². The molecule has 0 aliphatic carbocycles. The Kier molecular flexibility index (Phi) is 14.5. The van der Waals surface area contributed by atoms with Gasteiger partial charge < -0.3 is 30.6 Å². The molecule has 1 saturated heterocycles. The molecule has 0 spiro atoms. The lowest BCUT2D eigenvalue weighted by molar-refractivity contribution is -0.131. The van der Waals surface area contributed by atoms with Crippen LogP contribution in [0.15, 0.2) is 116 Å². The molecule has 13 heteroatoms. The van der Waals surface area contributed by atoms with Crippen molar-refractivity contribution in [2.24, 2.45) is 10.8 Å². The van der Waals surface area contributed by atoms with Crippen molar-refractivity contribution in [2.75, 3.05) is 20.1 Å². The maximum Gasteiger partial charge on any atom is 0.407 e. The fourth-order valence-corrected chi connectivity index (χ4v) is 8.72. The minimum atomic E-state index is -1.24. The number of nitrogens with zero attached hydrogens (tertiary/aromatic N) is 5. The van der Waals surface area contributed by atoms with E-state index in [1.165, 1.54) is 7.05 Å². The van der Waals surface area contributed by atoms with Gasteiger partial charge in [0.2, 0.25) is 11.8 Å². The second kappa shape index (κ2) is 19.8. The van der Waals surface area contributed by atoms with E-state index in [0.29, 0.717) is 26.1 Å². The fourth-order valence-electron chi connectivity index (χ4n) is 8.72. The maximum absolute atomic E-state index is 14.7. The first kappa shape index (κ1) is 46.2. The molecule has 0 radical (unpaired) electrons. The van der Waals surface area contributed by atoms with Gasteiger partial charge in [0.15, 0.2) is 0 Å². The summed E-state index contributed by atoms with van der Waals surface area (Å²) in [6, 6.07) is 29.1. The van der Waals surface area contributed by atoms with E-state index >= 15 is 0 Å². The SMILES string of the molecule is CN(C(=O)O)[C@H](C(=O)N[C@H](Cc1ccc(-c2ccccn2)cc1)C[C@H](O)[C@H](Cc1ccccc1)NC(=O)[C@@H](N1CCN(Cc2ccnc3ccccc23)C1=O)C(C)(C)C)C(C)(C)C. The van der Waals surface area contributed by atoms with Crippen molar-refractivity contribution < 1.29 is 29.4 Å². The van der Waals surface area contributed by atoms with Gasteiger partial charge >= 0.3 is 12.1 Å². The number of likely N-dealkylation sites (N-methyl/N-ethyl adjacent to an activating group) is 1. The lowest BCUT2D eigenvalue weighted by Crippen LogP contribution is -2.59. The minimum Gasteiger partial charge on any atom is -0.465 e. The van der Waals surface area contributed by atoms with Gasteiger partial charge in [-0.25, -0.2) is 9.59 Å². The number of carbonyl (C=O) groups excluding carboxylic acids is 3. The average molecular weight is 856 g/mol. The number of rotatable bonds is 16. The van der Waals surface area contributed by atoms with Crippen molar-refractivity contribution in [3.8, 4) is 11.3 Å². The molecule has 332 valence electrons. The van der Waals surface area contributed by atoms with Crippen LogP contribution in [-0.4, -0.2) is 109 Å². The van der Waals surface area contributed by atoms with Crippen LogP contribution < -0.4 is 10.6 Å². The van der Waals surface area contributed by atoms with Crippen molar-refractivity contribution in [3.05, 3.63) is 132 Å². The molecular formula is C50H61N7O6. The van der Waals surface area contributed by atoms with Crippen molar-refractivity contribution >= 4 is 34.8 Å². The average Bonchev–Trinajstić information content (AvgIpc) is 3.58. The lowest BCUT2D eigenvalue weighted by atomic mass is 9.84. The van der Waals surface area contributed by atoms with Crippen LogP contribution in [-0.2, 0) is 29.0 Å². The summed E-state index contributed by atoms with van der Waals surface area (Å²) in [7, 11) is 1.38. The zero-order chi connectivity index (χ0) is 45.5. The Morgan fingerprint density at radius 1 is 0.746 bits per heavy atom. The van der Waals surface area contributed by atoms with E-state index in [0.717, 1.165) is 43.8 Å². The monoisotopic (exact) mass is 855 g/mol. The molecule has 5 amide bonds. The van der Waals surface area contributed by atoms with Crippen LogP contribution in [0.1, 0.15) is 64.7 Å². The molecule has 0 saturated carbocycles. The lowest BCUT2D eigenvalue weighted by Gasteiger charge is -2.38. The van der Waals surface area contributed by atoms with Gasteiger partial charge in [-0.05, 0) is 71.0 Å². The van der Waals surface area contributed by atoms with Gasteiger partial charge in [0.25, 0.3) is 0 Å². The topological polar surface area (TPSA) is 168 Å². The highest BCUT2D eigenvalue weighted by molar-refractivity contribution is 5.89. The zero-order valence-corrected chi connectivity index (χ0v) is 37.4. The highest BCUT2D eigenvalue weighted by Gasteiger charge is 2.45. The molecule has 1 fully saturated rings. The number of para-hydroxylation sites is 1. The predicted molar refractivity (Wildman–Crippen MR) is 245 cm³/mol. The second-order valence-corrected chi connectivity index (χ2v) is 18.7. The van der Waals surface area contributed by atoms with Gasteiger partial charge in [-0.15, -0.1) is 0 Å². The first-order chi connectivity index (χ1) is 29.9. The maximum atomic E-state index is 14.7. The summed E-state index contributed by atoms with van der Waals surface area (Å²) in [4.78, 5) is 68.6. The molecule has 3 aromatic carbocycles. The van der Waals surface area contributed by atoms with Gasteiger partial charge in [0.1, 0.15) is 12.1 Å². The van der Waals surface area contributed by atoms with Gasteiger partial charge in [-0.2, -0.15) is 0 Å². The van der Waals surface area contributed by atoms with E-state index in [2.05, 4.69) is 20.6 Å². The third kappa shape index (κ3) is 11.6. The van der Waals surface area contributed by atoms with Crippen LogP contribution in [0.3, 0.4) is 0 Å². The third-order valence-corrected chi connectivity index (χ3v) is 11.7. The van der Waals surface area contributed by atoms with E-state index in [1.54, 1.807) is 43.0 Å². The zero-order valence-electron chi connectivity index (χ0n) is 37.4. The Hall–Kier alpha value is -6.34. The summed E-state index contributed by atoms with van der Waals surface area (Å²) in [5, 5.41) is 29.5. The molecule has 0 unspecified atom stereocenters. The predicted octanol–water partition coefficient (Wildman–Crippen LogP) is 7.18. The van der Waals surface area contributed by atoms with Gasteiger partial charge in [-0.3, -0.25) is 24.5 Å². The Labute approximate surface area is 370 Å². The van der Waals surface area contributed by atoms with E-state index in [1.807, 2.05) is 124 Å². The molecular weight excluding hydrogens is 795 g/mol. The van der Waals surface area contributed by atoms with E-state index in [4.69, 9.17) is 0 Å². The fraction of sp³-hybridized carbons (Fsp3) is 0.400. The van der Waals surface area contributed by atoms with Gasteiger partial charge in [0.05, 0.1) is 23.4 Å².